The van der Waals surface area contributed by atoms with Crippen LogP contribution in [0.1, 0.15) is 58.8 Å². The molecule has 1 saturated carbocycles. The Morgan fingerprint density at radius 3 is 2.72 bits per heavy atom. The van der Waals surface area contributed by atoms with E-state index in [0.717, 1.165) is 38.3 Å². The predicted molar refractivity (Wildman–Crippen MR) is 72.6 cm³/mol. The molecule has 3 atom stereocenters. The van der Waals surface area contributed by atoms with Crippen LogP contribution in [-0.4, -0.2) is 35.1 Å². The molecule has 1 aliphatic heterocycles. The van der Waals surface area contributed by atoms with E-state index < -0.39 is 11.4 Å². The molecule has 18 heavy (non-hydrogen) atoms. The molecule has 2 rings (SSSR count). The summed E-state index contributed by atoms with van der Waals surface area (Å²) in [4.78, 5) is 14.1. The maximum Gasteiger partial charge on any atom is 0.310 e. The molecule has 2 aliphatic rings. The second-order valence-corrected chi connectivity index (χ2v) is 6.39. The number of likely N-dealkylation sites (tertiary alicyclic amines) is 1. The van der Waals surface area contributed by atoms with Crippen LogP contribution in [0.15, 0.2) is 0 Å². The zero-order valence-corrected chi connectivity index (χ0v) is 11.8. The first kappa shape index (κ1) is 13.9. The Kier molecular flexibility index (Phi) is 4.31. The van der Waals surface area contributed by atoms with Crippen molar-refractivity contribution in [3.63, 3.8) is 0 Å². The number of carbonyl (C=O) groups is 1. The number of hydrogen-bond acceptors (Lipinski definition) is 2. The highest BCUT2D eigenvalue weighted by atomic mass is 16.4. The van der Waals surface area contributed by atoms with E-state index >= 15 is 0 Å². The third-order valence-corrected chi connectivity index (χ3v) is 5.10. The fourth-order valence-electron chi connectivity index (χ4n) is 3.99. The summed E-state index contributed by atoms with van der Waals surface area (Å²) < 4.78 is 0. The molecule has 3 nitrogen and oxygen atoms in total. The lowest BCUT2D eigenvalue weighted by atomic mass is 9.82. The quantitative estimate of drug-likeness (QED) is 0.836. The van der Waals surface area contributed by atoms with Crippen LogP contribution in [0.2, 0.25) is 0 Å². The minimum absolute atomic E-state index is 0.452. The van der Waals surface area contributed by atoms with Crippen molar-refractivity contribution in [3.05, 3.63) is 0 Å². The van der Waals surface area contributed by atoms with Gasteiger partial charge >= 0.3 is 5.97 Å². The third-order valence-electron chi connectivity index (χ3n) is 5.10. The SMILES string of the molecule is CCCC1(C(=O)O)CCN(C2CCCCC2C)C1. The van der Waals surface area contributed by atoms with Gasteiger partial charge in [-0.15, -0.1) is 0 Å². The smallest absolute Gasteiger partial charge is 0.310 e. The molecule has 0 radical (unpaired) electrons. The molecule has 0 aromatic heterocycles. The molecule has 2 fully saturated rings. The predicted octanol–water partition coefficient (Wildman–Crippen LogP) is 3.14. The number of rotatable bonds is 4. The molecule has 0 aromatic carbocycles. The van der Waals surface area contributed by atoms with Crippen molar-refractivity contribution in [2.75, 3.05) is 13.1 Å². The molecule has 1 heterocycles. The van der Waals surface area contributed by atoms with Gasteiger partial charge in [0.25, 0.3) is 0 Å². The van der Waals surface area contributed by atoms with E-state index in [4.69, 9.17) is 0 Å². The minimum Gasteiger partial charge on any atom is -0.481 e. The molecule has 1 aliphatic carbocycles. The van der Waals surface area contributed by atoms with Crippen LogP contribution in [0, 0.1) is 11.3 Å². The van der Waals surface area contributed by atoms with E-state index in [1.807, 2.05) is 0 Å². The molecule has 1 N–H and O–H groups in total. The van der Waals surface area contributed by atoms with Crippen LogP contribution in [0.5, 0.6) is 0 Å². The molecular weight excluding hydrogens is 226 g/mol. The number of hydrogen-bond donors (Lipinski definition) is 1. The molecule has 0 amide bonds. The highest BCUT2D eigenvalue weighted by Gasteiger charge is 2.46. The van der Waals surface area contributed by atoms with Crippen molar-refractivity contribution < 1.29 is 9.90 Å². The Labute approximate surface area is 111 Å². The van der Waals surface area contributed by atoms with Gasteiger partial charge < -0.3 is 5.11 Å². The first-order valence-corrected chi connectivity index (χ1v) is 7.56. The largest absolute Gasteiger partial charge is 0.481 e. The highest BCUT2D eigenvalue weighted by molar-refractivity contribution is 5.75. The van der Waals surface area contributed by atoms with Crippen LogP contribution < -0.4 is 0 Å². The highest BCUT2D eigenvalue weighted by Crippen LogP contribution is 2.39. The summed E-state index contributed by atoms with van der Waals surface area (Å²) in [7, 11) is 0. The average Bonchev–Trinajstić information content (AvgIpc) is 2.76. The Bertz CT molecular complexity index is 305. The van der Waals surface area contributed by atoms with E-state index in [9.17, 15) is 9.90 Å². The van der Waals surface area contributed by atoms with Gasteiger partial charge in [0.1, 0.15) is 0 Å². The molecule has 0 aromatic rings. The van der Waals surface area contributed by atoms with Gasteiger partial charge in [0.2, 0.25) is 0 Å². The van der Waals surface area contributed by atoms with E-state index in [0.29, 0.717) is 6.04 Å². The summed E-state index contributed by atoms with van der Waals surface area (Å²) in [5.41, 5.74) is -0.452. The Balaban J connectivity index is 2.03. The molecule has 3 unspecified atom stereocenters. The summed E-state index contributed by atoms with van der Waals surface area (Å²) in [6.45, 7) is 6.20. The molecule has 1 saturated heterocycles. The summed E-state index contributed by atoms with van der Waals surface area (Å²) in [5.74, 6) is 0.167. The van der Waals surface area contributed by atoms with Gasteiger partial charge in [-0.3, -0.25) is 9.69 Å². The van der Waals surface area contributed by atoms with Crippen molar-refractivity contribution in [2.24, 2.45) is 11.3 Å². The van der Waals surface area contributed by atoms with E-state index in [2.05, 4.69) is 18.7 Å². The topological polar surface area (TPSA) is 40.5 Å². The Hall–Kier alpha value is -0.570. The lowest BCUT2D eigenvalue weighted by molar-refractivity contribution is -0.148. The molecule has 3 heteroatoms. The molecular formula is C15H27NO2. The fraction of sp³-hybridized carbons (Fsp3) is 0.933. The second kappa shape index (κ2) is 5.60. The summed E-state index contributed by atoms with van der Waals surface area (Å²) >= 11 is 0. The van der Waals surface area contributed by atoms with Crippen molar-refractivity contribution in [2.45, 2.75) is 64.8 Å². The Morgan fingerprint density at radius 1 is 1.39 bits per heavy atom. The maximum absolute atomic E-state index is 11.6. The van der Waals surface area contributed by atoms with Gasteiger partial charge in [0.05, 0.1) is 5.41 Å². The maximum atomic E-state index is 11.6. The van der Waals surface area contributed by atoms with Gasteiger partial charge in [-0.2, -0.15) is 0 Å². The Morgan fingerprint density at radius 2 is 2.11 bits per heavy atom. The van der Waals surface area contributed by atoms with Crippen LogP contribution in [0.25, 0.3) is 0 Å². The van der Waals surface area contributed by atoms with Gasteiger partial charge in [-0.25, -0.2) is 0 Å². The van der Waals surface area contributed by atoms with Crippen molar-refractivity contribution in [3.8, 4) is 0 Å². The van der Waals surface area contributed by atoms with Gasteiger partial charge in [0.15, 0.2) is 0 Å². The van der Waals surface area contributed by atoms with Crippen molar-refractivity contribution in [1.82, 2.24) is 4.90 Å². The van der Waals surface area contributed by atoms with Crippen molar-refractivity contribution >= 4 is 5.97 Å². The summed E-state index contributed by atoms with van der Waals surface area (Å²) in [6, 6.07) is 0.636. The molecule has 104 valence electrons. The van der Waals surface area contributed by atoms with Crippen LogP contribution >= 0.6 is 0 Å². The average molecular weight is 253 g/mol. The zero-order chi connectivity index (χ0) is 13.2. The van der Waals surface area contributed by atoms with Crippen LogP contribution in [-0.2, 0) is 4.79 Å². The van der Waals surface area contributed by atoms with Gasteiger partial charge in [-0.05, 0) is 38.1 Å². The number of nitrogens with zero attached hydrogens (tertiary/aromatic N) is 1. The van der Waals surface area contributed by atoms with Crippen molar-refractivity contribution in [1.29, 1.82) is 0 Å². The van der Waals surface area contributed by atoms with Crippen LogP contribution in [0.3, 0.4) is 0 Å². The number of aliphatic carboxylic acids is 1. The molecule has 0 bridgehead atoms. The first-order chi connectivity index (χ1) is 8.59. The van der Waals surface area contributed by atoms with E-state index in [1.165, 1.54) is 25.7 Å². The summed E-state index contributed by atoms with van der Waals surface area (Å²) in [5, 5.41) is 9.55. The standard InChI is InChI=1S/C15H27NO2/c1-3-8-15(14(17)18)9-10-16(11-15)13-7-5-4-6-12(13)2/h12-13H,3-11H2,1-2H3,(H,17,18). The normalized spacial score (nSPS) is 37.9. The van der Waals surface area contributed by atoms with Crippen LogP contribution in [0.4, 0.5) is 0 Å². The second-order valence-electron chi connectivity index (χ2n) is 6.39. The first-order valence-electron chi connectivity index (χ1n) is 7.56. The lowest BCUT2D eigenvalue weighted by Crippen LogP contribution is -2.43. The molecule has 0 spiro atoms. The number of carboxylic acid groups (broad SMARTS) is 1. The minimum atomic E-state index is -0.574. The monoisotopic (exact) mass is 253 g/mol. The van der Waals surface area contributed by atoms with Gasteiger partial charge in [0, 0.05) is 12.6 Å². The summed E-state index contributed by atoms with van der Waals surface area (Å²) in [6.07, 6.45) is 7.90. The number of carboxylic acids is 1. The zero-order valence-electron chi connectivity index (χ0n) is 11.8. The fourth-order valence-corrected chi connectivity index (χ4v) is 3.99. The third kappa shape index (κ3) is 2.56. The van der Waals surface area contributed by atoms with Gasteiger partial charge in [-0.1, -0.05) is 33.1 Å². The lowest BCUT2D eigenvalue weighted by Gasteiger charge is -2.37. The van der Waals surface area contributed by atoms with E-state index in [1.54, 1.807) is 0 Å². The van der Waals surface area contributed by atoms with E-state index in [-0.39, 0.29) is 0 Å².